The van der Waals surface area contributed by atoms with E-state index in [4.69, 9.17) is 0 Å². The third-order valence-electron chi connectivity index (χ3n) is 3.20. The second-order valence-corrected chi connectivity index (χ2v) is 4.94. The Hall–Kier alpha value is -0.610. The summed E-state index contributed by atoms with van der Waals surface area (Å²) in [4.78, 5) is 11.7. The lowest BCUT2D eigenvalue weighted by molar-refractivity contribution is -0.123. The van der Waals surface area contributed by atoms with E-state index in [1.165, 1.54) is 12.8 Å². The number of amides is 1. The van der Waals surface area contributed by atoms with Crippen molar-refractivity contribution in [2.75, 3.05) is 6.54 Å². The molecule has 1 unspecified atom stereocenters. The Morgan fingerprint density at radius 3 is 2.87 bits per heavy atom. The van der Waals surface area contributed by atoms with Gasteiger partial charge in [-0.05, 0) is 25.7 Å². The molecule has 1 amide bonds. The van der Waals surface area contributed by atoms with Gasteiger partial charge in [-0.25, -0.2) is 0 Å². The van der Waals surface area contributed by atoms with E-state index in [1.807, 2.05) is 0 Å². The molecule has 3 N–H and O–H groups in total. The Labute approximate surface area is 90.4 Å². The fourth-order valence-electron chi connectivity index (χ4n) is 2.17. The van der Waals surface area contributed by atoms with Crippen LogP contribution in [0.4, 0.5) is 0 Å². The molecule has 2 aliphatic rings. The van der Waals surface area contributed by atoms with Crippen molar-refractivity contribution >= 4 is 5.91 Å². The molecule has 2 rings (SSSR count). The smallest absolute Gasteiger partial charge is 0.237 e. The summed E-state index contributed by atoms with van der Waals surface area (Å²) < 4.78 is 0. The average molecular weight is 212 g/mol. The minimum atomic E-state index is -0.362. The number of nitrogens with one attached hydrogen (secondary N) is 2. The molecule has 0 radical (unpaired) electrons. The lowest BCUT2D eigenvalue weighted by atomic mass is 10.1. The summed E-state index contributed by atoms with van der Waals surface area (Å²) in [6.07, 6.45) is 3.92. The summed E-state index contributed by atoms with van der Waals surface area (Å²) in [7, 11) is 0. The summed E-state index contributed by atoms with van der Waals surface area (Å²) >= 11 is 0. The number of carbonyl (C=O) groups excluding carboxylic acids is 1. The van der Waals surface area contributed by atoms with Crippen molar-refractivity contribution in [3.05, 3.63) is 0 Å². The molecule has 3 atom stereocenters. The minimum absolute atomic E-state index is 0.0414. The number of carbonyl (C=O) groups is 1. The zero-order valence-electron chi connectivity index (χ0n) is 9.20. The van der Waals surface area contributed by atoms with Crippen molar-refractivity contribution in [2.45, 2.75) is 50.8 Å². The van der Waals surface area contributed by atoms with Gasteiger partial charge in [-0.15, -0.1) is 0 Å². The van der Waals surface area contributed by atoms with Crippen molar-refractivity contribution in [3.63, 3.8) is 0 Å². The van der Waals surface area contributed by atoms with Gasteiger partial charge in [0.1, 0.15) is 0 Å². The molecule has 86 valence electrons. The van der Waals surface area contributed by atoms with E-state index in [0.717, 1.165) is 12.3 Å². The van der Waals surface area contributed by atoms with Crippen LogP contribution in [0.5, 0.6) is 0 Å². The van der Waals surface area contributed by atoms with Gasteiger partial charge in [-0.2, -0.15) is 0 Å². The standard InChI is InChI=1S/C11H20N2O2/c1-7(4-8-2-3-8)13-11(15)10-5-9(14)6-12-10/h7-10,12,14H,2-6H2,1H3,(H,13,15)/t7?,9-,10-/m1/s1. The van der Waals surface area contributed by atoms with Crippen molar-refractivity contribution in [2.24, 2.45) is 5.92 Å². The van der Waals surface area contributed by atoms with Gasteiger partial charge in [-0.3, -0.25) is 4.79 Å². The van der Waals surface area contributed by atoms with Crippen molar-refractivity contribution in [3.8, 4) is 0 Å². The second kappa shape index (κ2) is 4.49. The van der Waals surface area contributed by atoms with E-state index in [-0.39, 0.29) is 24.1 Å². The Morgan fingerprint density at radius 1 is 1.60 bits per heavy atom. The highest BCUT2D eigenvalue weighted by atomic mass is 16.3. The first-order valence-corrected chi connectivity index (χ1v) is 5.87. The molecule has 0 spiro atoms. The van der Waals surface area contributed by atoms with Crippen LogP contribution in [0, 0.1) is 5.92 Å². The van der Waals surface area contributed by atoms with Crippen molar-refractivity contribution in [1.82, 2.24) is 10.6 Å². The minimum Gasteiger partial charge on any atom is -0.392 e. The number of β-amino-alcohol motifs (C(OH)–C–C–N with tert-alkyl or cyclic N) is 1. The first-order chi connectivity index (χ1) is 7.15. The molecule has 1 heterocycles. The van der Waals surface area contributed by atoms with Crippen LogP contribution in [-0.4, -0.2) is 35.7 Å². The van der Waals surface area contributed by atoms with Crippen molar-refractivity contribution < 1.29 is 9.90 Å². The zero-order chi connectivity index (χ0) is 10.8. The average Bonchev–Trinajstić information content (AvgIpc) is 2.85. The molecule has 1 saturated heterocycles. The fraction of sp³-hybridized carbons (Fsp3) is 0.909. The second-order valence-electron chi connectivity index (χ2n) is 4.94. The highest BCUT2D eigenvalue weighted by Crippen LogP contribution is 2.33. The van der Waals surface area contributed by atoms with Gasteiger partial charge < -0.3 is 15.7 Å². The zero-order valence-corrected chi connectivity index (χ0v) is 9.20. The van der Waals surface area contributed by atoms with Crippen LogP contribution in [0.2, 0.25) is 0 Å². The molecule has 4 heteroatoms. The fourth-order valence-corrected chi connectivity index (χ4v) is 2.17. The Bertz CT molecular complexity index is 241. The van der Waals surface area contributed by atoms with Crippen LogP contribution in [-0.2, 0) is 4.79 Å². The molecule has 0 aromatic carbocycles. The number of rotatable bonds is 4. The third kappa shape index (κ3) is 3.18. The van der Waals surface area contributed by atoms with Crippen LogP contribution in [0.25, 0.3) is 0 Å². The predicted octanol–water partition coefficient (Wildman–Crippen LogP) is 0.0140. The molecular formula is C11H20N2O2. The van der Waals surface area contributed by atoms with Crippen LogP contribution < -0.4 is 10.6 Å². The monoisotopic (exact) mass is 212 g/mol. The lowest BCUT2D eigenvalue weighted by Crippen LogP contribution is -2.44. The quantitative estimate of drug-likeness (QED) is 0.615. The largest absolute Gasteiger partial charge is 0.392 e. The van der Waals surface area contributed by atoms with E-state index < -0.39 is 0 Å². The van der Waals surface area contributed by atoms with Crippen molar-refractivity contribution in [1.29, 1.82) is 0 Å². The van der Waals surface area contributed by atoms with Gasteiger partial charge in [0.2, 0.25) is 5.91 Å². The van der Waals surface area contributed by atoms with Crippen LogP contribution in [0.3, 0.4) is 0 Å². The van der Waals surface area contributed by atoms with Gasteiger partial charge in [-0.1, -0.05) is 12.8 Å². The summed E-state index contributed by atoms with van der Waals surface area (Å²) in [6, 6.07) is 0.0752. The lowest BCUT2D eigenvalue weighted by Gasteiger charge is -2.16. The van der Waals surface area contributed by atoms with Gasteiger partial charge in [0.15, 0.2) is 0 Å². The Kier molecular flexibility index (Phi) is 3.26. The SMILES string of the molecule is CC(CC1CC1)NC(=O)[C@H]1C[C@@H](O)CN1. The molecule has 0 aromatic rings. The summed E-state index contributed by atoms with van der Waals surface area (Å²) in [5.41, 5.74) is 0. The third-order valence-corrected chi connectivity index (χ3v) is 3.20. The normalized spacial score (nSPS) is 32.7. The van der Waals surface area contributed by atoms with Crippen LogP contribution in [0.1, 0.15) is 32.6 Å². The Balaban J connectivity index is 1.70. The first kappa shape index (κ1) is 10.9. The maximum Gasteiger partial charge on any atom is 0.237 e. The highest BCUT2D eigenvalue weighted by Gasteiger charge is 2.30. The molecule has 1 saturated carbocycles. The number of hydrogen-bond donors (Lipinski definition) is 3. The number of aliphatic hydroxyl groups is 1. The maximum absolute atomic E-state index is 11.7. The van der Waals surface area contributed by atoms with E-state index in [2.05, 4.69) is 17.6 Å². The van der Waals surface area contributed by atoms with Gasteiger partial charge in [0.05, 0.1) is 12.1 Å². The molecule has 1 aliphatic heterocycles. The summed E-state index contributed by atoms with van der Waals surface area (Å²) in [6.45, 7) is 2.59. The molecule has 4 nitrogen and oxygen atoms in total. The first-order valence-electron chi connectivity index (χ1n) is 5.87. The number of aliphatic hydroxyl groups excluding tert-OH is 1. The predicted molar refractivity (Wildman–Crippen MR) is 57.4 cm³/mol. The van der Waals surface area contributed by atoms with E-state index in [0.29, 0.717) is 13.0 Å². The molecule has 15 heavy (non-hydrogen) atoms. The Morgan fingerprint density at radius 2 is 2.33 bits per heavy atom. The molecule has 1 aliphatic carbocycles. The molecule has 0 bridgehead atoms. The van der Waals surface area contributed by atoms with Crippen LogP contribution in [0.15, 0.2) is 0 Å². The topological polar surface area (TPSA) is 61.4 Å². The maximum atomic E-state index is 11.7. The molecule has 2 fully saturated rings. The summed E-state index contributed by atoms with van der Waals surface area (Å²) in [5.74, 6) is 0.877. The summed E-state index contributed by atoms with van der Waals surface area (Å²) in [5, 5.41) is 15.3. The highest BCUT2D eigenvalue weighted by molar-refractivity contribution is 5.82. The number of hydrogen-bond acceptors (Lipinski definition) is 3. The molecule has 0 aromatic heterocycles. The molecular weight excluding hydrogens is 192 g/mol. The van der Waals surface area contributed by atoms with Gasteiger partial charge >= 0.3 is 0 Å². The van der Waals surface area contributed by atoms with Crippen LogP contribution >= 0.6 is 0 Å². The van der Waals surface area contributed by atoms with E-state index in [1.54, 1.807) is 0 Å². The van der Waals surface area contributed by atoms with Gasteiger partial charge in [0, 0.05) is 12.6 Å². The van der Waals surface area contributed by atoms with E-state index >= 15 is 0 Å². The van der Waals surface area contributed by atoms with E-state index in [9.17, 15) is 9.90 Å². The van der Waals surface area contributed by atoms with Gasteiger partial charge in [0.25, 0.3) is 0 Å².